The summed E-state index contributed by atoms with van der Waals surface area (Å²) in [6.07, 6.45) is 1.13. The van der Waals surface area contributed by atoms with Crippen molar-refractivity contribution in [3.8, 4) is 0 Å². The van der Waals surface area contributed by atoms with Crippen molar-refractivity contribution in [1.82, 2.24) is 15.1 Å². The number of nitrogens with zero attached hydrogens (tertiary/aromatic N) is 2. The van der Waals surface area contributed by atoms with Gasteiger partial charge < -0.3 is 14.8 Å². The number of rotatable bonds is 7. The van der Waals surface area contributed by atoms with Crippen molar-refractivity contribution in [3.05, 3.63) is 41.1 Å². The molecule has 2 rings (SSSR count). The van der Waals surface area contributed by atoms with Gasteiger partial charge in [-0.1, -0.05) is 0 Å². The van der Waals surface area contributed by atoms with Crippen molar-refractivity contribution < 1.29 is 14.3 Å². The second-order valence-electron chi connectivity index (χ2n) is 5.60. The molecule has 2 N–H and O–H groups in total. The number of hydrogen-bond donors (Lipinski definition) is 2. The Morgan fingerprint density at radius 2 is 2.26 bits per heavy atom. The van der Waals surface area contributed by atoms with E-state index in [1.165, 1.54) is 6.26 Å². The van der Waals surface area contributed by atoms with Crippen LogP contribution in [0.4, 0.5) is 0 Å². The van der Waals surface area contributed by atoms with E-state index in [2.05, 4.69) is 10.4 Å². The van der Waals surface area contributed by atoms with Gasteiger partial charge in [-0.25, -0.2) is 0 Å². The van der Waals surface area contributed by atoms with E-state index >= 15 is 0 Å². The Morgan fingerprint density at radius 1 is 1.52 bits per heavy atom. The highest BCUT2D eigenvalue weighted by molar-refractivity contribution is 6.17. The lowest BCUT2D eigenvalue weighted by Crippen LogP contribution is -2.34. The molecule has 2 aromatic heterocycles. The molecular formula is C16H22ClN3O3. The number of alkyl halides is 1. The standard InChI is InChI=1S/C16H22ClN3O3/c1-10(9-13(21)14-5-4-8-23-14)18-16(22)15-11(2)19-20(7-6-17)12(15)3/h4-5,8,10,13,21H,6-7,9H2,1-3H3,(H,18,22). The van der Waals surface area contributed by atoms with Gasteiger partial charge in [-0.15, -0.1) is 11.6 Å². The topological polar surface area (TPSA) is 80.3 Å². The number of halogens is 1. The summed E-state index contributed by atoms with van der Waals surface area (Å²) in [4.78, 5) is 12.5. The number of nitrogens with one attached hydrogen (secondary N) is 1. The Morgan fingerprint density at radius 3 is 2.87 bits per heavy atom. The van der Waals surface area contributed by atoms with Crippen molar-refractivity contribution >= 4 is 17.5 Å². The molecule has 2 atom stereocenters. The summed E-state index contributed by atoms with van der Waals surface area (Å²) in [5.41, 5.74) is 2.03. The Kier molecular flexibility index (Phi) is 5.85. The van der Waals surface area contributed by atoms with Crippen LogP contribution in [0.15, 0.2) is 22.8 Å². The molecule has 0 fully saturated rings. The van der Waals surface area contributed by atoms with Crippen LogP contribution in [0.2, 0.25) is 0 Å². The maximum atomic E-state index is 12.5. The number of amides is 1. The van der Waals surface area contributed by atoms with Gasteiger partial charge in [-0.05, 0) is 32.9 Å². The fourth-order valence-electron chi connectivity index (χ4n) is 2.61. The normalized spacial score (nSPS) is 13.8. The van der Waals surface area contributed by atoms with E-state index in [4.69, 9.17) is 16.0 Å². The van der Waals surface area contributed by atoms with Crippen molar-refractivity contribution in [2.75, 3.05) is 5.88 Å². The highest BCUT2D eigenvalue weighted by atomic mass is 35.5. The summed E-state index contributed by atoms with van der Waals surface area (Å²) in [6.45, 7) is 6.06. The average Bonchev–Trinajstić information content (AvgIpc) is 3.08. The third-order valence-corrected chi connectivity index (χ3v) is 3.90. The van der Waals surface area contributed by atoms with E-state index in [-0.39, 0.29) is 11.9 Å². The van der Waals surface area contributed by atoms with Crippen LogP contribution < -0.4 is 5.32 Å². The zero-order chi connectivity index (χ0) is 17.0. The molecule has 0 aliphatic rings. The number of aliphatic hydroxyl groups excluding tert-OH is 1. The minimum atomic E-state index is -0.749. The van der Waals surface area contributed by atoms with E-state index in [0.29, 0.717) is 35.9 Å². The summed E-state index contributed by atoms with van der Waals surface area (Å²) >= 11 is 5.74. The maximum Gasteiger partial charge on any atom is 0.255 e. The SMILES string of the molecule is Cc1nn(CCCl)c(C)c1C(=O)NC(C)CC(O)c1ccco1. The summed E-state index contributed by atoms with van der Waals surface area (Å²) in [6, 6.07) is 3.22. The minimum absolute atomic E-state index is 0.194. The summed E-state index contributed by atoms with van der Waals surface area (Å²) < 4.78 is 6.90. The zero-order valence-corrected chi connectivity index (χ0v) is 14.3. The van der Waals surface area contributed by atoms with E-state index in [9.17, 15) is 9.90 Å². The molecule has 0 aliphatic heterocycles. The molecule has 2 heterocycles. The molecule has 2 unspecified atom stereocenters. The fourth-order valence-corrected chi connectivity index (χ4v) is 2.77. The molecule has 0 aliphatic carbocycles. The second kappa shape index (κ2) is 7.66. The lowest BCUT2D eigenvalue weighted by Gasteiger charge is -2.17. The number of carbonyl (C=O) groups is 1. The van der Waals surface area contributed by atoms with E-state index in [0.717, 1.165) is 5.69 Å². The molecule has 0 bridgehead atoms. The third-order valence-electron chi connectivity index (χ3n) is 3.73. The highest BCUT2D eigenvalue weighted by Crippen LogP contribution is 2.19. The maximum absolute atomic E-state index is 12.5. The Labute approximate surface area is 140 Å². The second-order valence-corrected chi connectivity index (χ2v) is 5.98. The predicted molar refractivity (Wildman–Crippen MR) is 87.6 cm³/mol. The largest absolute Gasteiger partial charge is 0.467 e. The number of carbonyl (C=O) groups excluding carboxylic acids is 1. The van der Waals surface area contributed by atoms with Gasteiger partial charge in [-0.2, -0.15) is 5.10 Å². The first-order chi connectivity index (χ1) is 10.9. The lowest BCUT2D eigenvalue weighted by atomic mass is 10.1. The first-order valence-electron chi connectivity index (χ1n) is 7.56. The van der Waals surface area contributed by atoms with Crippen LogP contribution in [0.1, 0.15) is 47.0 Å². The zero-order valence-electron chi connectivity index (χ0n) is 13.5. The highest BCUT2D eigenvalue weighted by Gasteiger charge is 2.21. The molecule has 1 amide bonds. The molecule has 0 aromatic carbocycles. The summed E-state index contributed by atoms with van der Waals surface area (Å²) in [5.74, 6) is 0.739. The molecular weight excluding hydrogens is 318 g/mol. The quantitative estimate of drug-likeness (QED) is 0.760. The summed E-state index contributed by atoms with van der Waals surface area (Å²) in [5, 5.41) is 17.3. The average molecular weight is 340 g/mol. The Bertz CT molecular complexity index is 652. The van der Waals surface area contributed by atoms with E-state index in [1.807, 2.05) is 13.8 Å². The van der Waals surface area contributed by atoms with Gasteiger partial charge in [0.05, 0.1) is 24.1 Å². The molecule has 0 saturated carbocycles. The van der Waals surface area contributed by atoms with Gasteiger partial charge in [0, 0.05) is 24.0 Å². The van der Waals surface area contributed by atoms with Crippen LogP contribution in [-0.2, 0) is 6.54 Å². The van der Waals surface area contributed by atoms with Crippen molar-refractivity contribution in [2.45, 2.75) is 45.9 Å². The smallest absolute Gasteiger partial charge is 0.255 e. The molecule has 126 valence electrons. The number of furan rings is 1. The van der Waals surface area contributed by atoms with Crippen LogP contribution in [0, 0.1) is 13.8 Å². The number of aromatic nitrogens is 2. The molecule has 2 aromatic rings. The Hall–Kier alpha value is -1.79. The summed E-state index contributed by atoms with van der Waals surface area (Å²) in [7, 11) is 0. The van der Waals surface area contributed by atoms with Crippen molar-refractivity contribution in [1.29, 1.82) is 0 Å². The van der Waals surface area contributed by atoms with Crippen LogP contribution in [0.3, 0.4) is 0 Å². The van der Waals surface area contributed by atoms with Crippen molar-refractivity contribution in [3.63, 3.8) is 0 Å². The van der Waals surface area contributed by atoms with Gasteiger partial charge in [-0.3, -0.25) is 9.48 Å². The van der Waals surface area contributed by atoms with Gasteiger partial charge in [0.25, 0.3) is 5.91 Å². The van der Waals surface area contributed by atoms with Gasteiger partial charge in [0.2, 0.25) is 0 Å². The van der Waals surface area contributed by atoms with Crippen molar-refractivity contribution in [2.24, 2.45) is 0 Å². The minimum Gasteiger partial charge on any atom is -0.467 e. The number of aliphatic hydroxyl groups is 1. The van der Waals surface area contributed by atoms with Crippen LogP contribution in [0.5, 0.6) is 0 Å². The molecule has 6 nitrogen and oxygen atoms in total. The first-order valence-corrected chi connectivity index (χ1v) is 8.09. The van der Waals surface area contributed by atoms with Gasteiger partial charge >= 0.3 is 0 Å². The van der Waals surface area contributed by atoms with E-state index in [1.54, 1.807) is 23.7 Å². The van der Waals surface area contributed by atoms with Crippen LogP contribution in [0.25, 0.3) is 0 Å². The molecule has 7 heteroatoms. The molecule has 0 spiro atoms. The Balaban J connectivity index is 2.01. The van der Waals surface area contributed by atoms with Gasteiger partial charge in [0.1, 0.15) is 11.9 Å². The van der Waals surface area contributed by atoms with E-state index < -0.39 is 6.10 Å². The predicted octanol–water partition coefficient (Wildman–Crippen LogP) is 2.57. The fraction of sp³-hybridized carbons (Fsp3) is 0.500. The lowest BCUT2D eigenvalue weighted by molar-refractivity contribution is 0.0902. The van der Waals surface area contributed by atoms with Crippen LogP contribution in [-0.4, -0.2) is 32.7 Å². The number of hydrogen-bond acceptors (Lipinski definition) is 4. The molecule has 0 radical (unpaired) electrons. The third kappa shape index (κ3) is 4.14. The van der Waals surface area contributed by atoms with Gasteiger partial charge in [0.15, 0.2) is 0 Å². The van der Waals surface area contributed by atoms with Crippen LogP contribution >= 0.6 is 11.6 Å². The number of aryl methyl sites for hydroxylation is 2. The molecule has 23 heavy (non-hydrogen) atoms. The molecule has 0 saturated heterocycles. The first kappa shape index (κ1) is 17.6. The monoisotopic (exact) mass is 339 g/mol.